The van der Waals surface area contributed by atoms with Crippen LogP contribution in [0.5, 0.6) is 0 Å². The van der Waals surface area contributed by atoms with E-state index in [-0.39, 0.29) is 24.9 Å². The molecule has 0 aromatic heterocycles. The lowest BCUT2D eigenvalue weighted by Crippen LogP contribution is -2.81. The van der Waals surface area contributed by atoms with Crippen molar-refractivity contribution in [1.82, 2.24) is 5.32 Å². The molecule has 10 atom stereocenters. The molecule has 5 rings (SSSR count). The first-order valence-corrected chi connectivity index (χ1v) is 17.5. The zero-order chi connectivity index (χ0) is 36.0. The van der Waals surface area contributed by atoms with E-state index in [1.807, 2.05) is 26.8 Å². The van der Waals surface area contributed by atoms with Crippen molar-refractivity contribution in [2.75, 3.05) is 6.61 Å². The van der Waals surface area contributed by atoms with Crippen molar-refractivity contribution >= 4 is 17.8 Å². The number of carbonyl (C=O) groups is 3. The molecule has 3 aliphatic carbocycles. The summed E-state index contributed by atoms with van der Waals surface area (Å²) in [5.41, 5.74) is -3.58. The average molecular weight is 668 g/mol. The van der Waals surface area contributed by atoms with Gasteiger partial charge >= 0.3 is 11.9 Å². The van der Waals surface area contributed by atoms with Crippen LogP contribution < -0.4 is 5.32 Å². The van der Waals surface area contributed by atoms with E-state index in [4.69, 9.17) is 14.2 Å². The van der Waals surface area contributed by atoms with Crippen molar-refractivity contribution in [3.8, 4) is 0 Å². The van der Waals surface area contributed by atoms with Crippen LogP contribution in [-0.4, -0.2) is 70.2 Å². The molecule has 48 heavy (non-hydrogen) atoms. The zero-order valence-electron chi connectivity index (χ0n) is 30.9. The Bertz CT molecular complexity index is 1500. The molecule has 1 saturated heterocycles. The third-order valence-electron chi connectivity index (χ3n) is 14.2. The molecule has 2 bridgehead atoms. The molecule has 266 valence electrons. The second kappa shape index (κ2) is 11.7. The molecule has 9 heteroatoms. The molecule has 0 spiro atoms. The fourth-order valence-corrected chi connectivity index (χ4v) is 10.3. The third kappa shape index (κ3) is 5.00. The minimum atomic E-state index is -1.77. The second-order valence-corrected chi connectivity index (χ2v) is 17.2. The molecule has 1 amide bonds. The summed E-state index contributed by atoms with van der Waals surface area (Å²) in [6.45, 7) is 24.1. The highest BCUT2D eigenvalue weighted by molar-refractivity contribution is 5.89. The number of hydrogen-bond acceptors (Lipinski definition) is 8. The highest BCUT2D eigenvalue weighted by Crippen LogP contribution is 2.74. The van der Waals surface area contributed by atoms with E-state index < -0.39 is 81.0 Å². The summed E-state index contributed by atoms with van der Waals surface area (Å²) in [5, 5.41) is 29.0. The van der Waals surface area contributed by atoms with E-state index in [0.29, 0.717) is 12.0 Å². The molecule has 1 aliphatic heterocycles. The van der Waals surface area contributed by atoms with Crippen LogP contribution in [0.1, 0.15) is 106 Å². The van der Waals surface area contributed by atoms with Gasteiger partial charge in [0.2, 0.25) is 5.91 Å². The number of esters is 2. The SMILES string of the molecule is CC(=O)NC(C)[C@@H](C)C(=O)OC1CC2(O)C(OC(=O)c3ccccc3)C3[C@]4(O)COC4CC(C)(C)[C@@]3(C)C(C)(C)[C@H](C)C(=C1C)C2(C)C. The molecule has 6 unspecified atom stereocenters. The molecule has 0 radical (unpaired) electrons. The lowest BCUT2D eigenvalue weighted by Gasteiger charge is -2.74. The number of amides is 1. The van der Waals surface area contributed by atoms with E-state index in [1.54, 1.807) is 38.1 Å². The second-order valence-electron chi connectivity index (χ2n) is 17.2. The van der Waals surface area contributed by atoms with E-state index in [9.17, 15) is 24.6 Å². The standard InChI is InChI=1S/C39H57NO8/c1-21(24(4)40-25(5)41)32(42)47-27-18-39(45)31(48-33(43)26-16-14-13-15-17-26)30-37(12,34(6,7)19-28-38(30,44)20-46-28)35(8,9)23(3)29(22(27)2)36(39,10)11/h13-17,21,23-24,27-28,30-31,44-45H,18-20H2,1-12H3,(H,40,41)/t21-,23-,24?,27?,28?,30?,31?,37+,38+,39?/m1/s1. The van der Waals surface area contributed by atoms with Gasteiger partial charge in [-0.3, -0.25) is 9.59 Å². The molecule has 1 aromatic carbocycles. The quantitative estimate of drug-likeness (QED) is 0.263. The Morgan fingerprint density at radius 2 is 1.56 bits per heavy atom. The number of fused-ring (bicyclic) bond motifs is 5. The molecule has 4 aliphatic rings. The number of aliphatic hydroxyl groups is 2. The van der Waals surface area contributed by atoms with Crippen LogP contribution in [-0.2, 0) is 23.8 Å². The summed E-state index contributed by atoms with van der Waals surface area (Å²) in [7, 11) is 0. The third-order valence-corrected chi connectivity index (χ3v) is 14.2. The van der Waals surface area contributed by atoms with Gasteiger partial charge in [-0.25, -0.2) is 4.79 Å². The number of rotatable bonds is 6. The maximum absolute atomic E-state index is 14.1. The lowest BCUT2D eigenvalue weighted by molar-refractivity contribution is -0.373. The lowest BCUT2D eigenvalue weighted by atomic mass is 9.34. The molecule has 9 nitrogen and oxygen atoms in total. The first-order chi connectivity index (χ1) is 22.0. The Balaban J connectivity index is 1.75. The number of nitrogens with one attached hydrogen (secondary N) is 1. The maximum atomic E-state index is 14.1. The predicted octanol–water partition coefficient (Wildman–Crippen LogP) is 5.62. The van der Waals surface area contributed by atoms with Crippen LogP contribution in [0.2, 0.25) is 0 Å². The van der Waals surface area contributed by atoms with Crippen LogP contribution in [0.25, 0.3) is 0 Å². The molecule has 2 saturated carbocycles. The number of ether oxygens (including phenoxy) is 3. The Morgan fingerprint density at radius 3 is 2.10 bits per heavy atom. The zero-order valence-corrected chi connectivity index (χ0v) is 30.9. The predicted molar refractivity (Wildman–Crippen MR) is 182 cm³/mol. The van der Waals surface area contributed by atoms with Gasteiger partial charge in [0, 0.05) is 30.7 Å². The largest absolute Gasteiger partial charge is 0.457 e. The van der Waals surface area contributed by atoms with Crippen LogP contribution in [0.15, 0.2) is 41.5 Å². The first-order valence-electron chi connectivity index (χ1n) is 17.5. The highest BCUT2D eigenvalue weighted by atomic mass is 16.6. The summed E-state index contributed by atoms with van der Waals surface area (Å²) in [6.07, 6.45) is -1.97. The Hall–Kier alpha value is -2.75. The molecule has 3 fully saturated rings. The highest BCUT2D eigenvalue weighted by Gasteiger charge is 2.78. The normalized spacial score (nSPS) is 38.8. The topological polar surface area (TPSA) is 131 Å². The van der Waals surface area contributed by atoms with Gasteiger partial charge < -0.3 is 29.7 Å². The van der Waals surface area contributed by atoms with Gasteiger partial charge in [0.05, 0.1) is 24.2 Å². The molecule has 1 heterocycles. The smallest absolute Gasteiger partial charge is 0.338 e. The van der Waals surface area contributed by atoms with Gasteiger partial charge in [0.15, 0.2) is 0 Å². The van der Waals surface area contributed by atoms with Crippen molar-refractivity contribution in [3.63, 3.8) is 0 Å². The fraction of sp³-hybridized carbons (Fsp3) is 0.718. The monoisotopic (exact) mass is 667 g/mol. The minimum absolute atomic E-state index is 0.0448. The first kappa shape index (κ1) is 36.5. The summed E-state index contributed by atoms with van der Waals surface area (Å²) in [5.74, 6) is -2.88. The summed E-state index contributed by atoms with van der Waals surface area (Å²) >= 11 is 0. The number of benzene rings is 1. The average Bonchev–Trinajstić information content (AvgIpc) is 2.99. The van der Waals surface area contributed by atoms with Crippen LogP contribution in [0.4, 0.5) is 0 Å². The van der Waals surface area contributed by atoms with Gasteiger partial charge in [-0.05, 0) is 67.1 Å². The fourth-order valence-electron chi connectivity index (χ4n) is 10.3. The van der Waals surface area contributed by atoms with Gasteiger partial charge in [0.1, 0.15) is 23.4 Å². The van der Waals surface area contributed by atoms with Crippen molar-refractivity contribution in [2.24, 2.45) is 39.4 Å². The van der Waals surface area contributed by atoms with Crippen molar-refractivity contribution in [2.45, 2.75) is 131 Å². The van der Waals surface area contributed by atoms with Crippen LogP contribution in [0, 0.1) is 39.4 Å². The van der Waals surface area contributed by atoms with Gasteiger partial charge in [-0.1, -0.05) is 79.2 Å². The van der Waals surface area contributed by atoms with Crippen LogP contribution >= 0.6 is 0 Å². The summed E-state index contributed by atoms with van der Waals surface area (Å²) < 4.78 is 18.9. The molecule has 3 N–H and O–H groups in total. The molecule has 1 aromatic rings. The van der Waals surface area contributed by atoms with E-state index in [1.165, 1.54) is 6.92 Å². The van der Waals surface area contributed by atoms with E-state index in [0.717, 1.165) is 11.1 Å². The maximum Gasteiger partial charge on any atom is 0.338 e. The van der Waals surface area contributed by atoms with E-state index >= 15 is 0 Å². The van der Waals surface area contributed by atoms with Crippen molar-refractivity contribution < 1.29 is 38.8 Å². The van der Waals surface area contributed by atoms with Gasteiger partial charge in [-0.2, -0.15) is 0 Å². The number of hydrogen-bond donors (Lipinski definition) is 3. The summed E-state index contributed by atoms with van der Waals surface area (Å²) in [6, 6.07) is 8.24. The number of carbonyl (C=O) groups excluding carboxylic acids is 3. The Labute approximate surface area is 286 Å². The minimum Gasteiger partial charge on any atom is -0.457 e. The van der Waals surface area contributed by atoms with Crippen molar-refractivity contribution in [3.05, 3.63) is 47.0 Å². The van der Waals surface area contributed by atoms with Crippen LogP contribution in [0.3, 0.4) is 0 Å². The molecular formula is C39H57NO8. The van der Waals surface area contributed by atoms with Gasteiger partial charge in [-0.15, -0.1) is 0 Å². The Kier molecular flexibility index (Phi) is 8.87. The van der Waals surface area contributed by atoms with E-state index in [2.05, 4.69) is 46.9 Å². The molecular weight excluding hydrogens is 610 g/mol. The summed E-state index contributed by atoms with van der Waals surface area (Å²) in [4.78, 5) is 39.5. The van der Waals surface area contributed by atoms with Crippen molar-refractivity contribution in [1.29, 1.82) is 0 Å². The Morgan fingerprint density at radius 1 is 0.958 bits per heavy atom. The van der Waals surface area contributed by atoms with Gasteiger partial charge in [0.25, 0.3) is 0 Å².